The van der Waals surface area contributed by atoms with E-state index in [0.29, 0.717) is 104 Å². The number of phenols is 10. The lowest BCUT2D eigenvalue weighted by Gasteiger charge is -2.18. The Morgan fingerprint density at radius 1 is 0.265 bits per heavy atom. The highest BCUT2D eigenvalue weighted by molar-refractivity contribution is 5.51. The molecule has 0 saturated heterocycles. The average molecular weight is 1410 g/mol. The Morgan fingerprint density at radius 3 is 0.824 bits per heavy atom. The Bertz CT molecular complexity index is 4370. The number of nitrogens with two attached hydrogens (primary N) is 3. The minimum atomic E-state index is -0.176. The minimum Gasteiger partial charge on any atom is -0.504 e. The lowest BCUT2D eigenvalue weighted by molar-refractivity contribution is 0.403. The van der Waals surface area contributed by atoms with Gasteiger partial charge in [-0.2, -0.15) is 74.8 Å². The molecule has 0 amide bonds. The minimum absolute atomic E-state index is 0.107. The van der Waals surface area contributed by atoms with E-state index >= 15 is 0 Å². The third kappa shape index (κ3) is 24.1. The van der Waals surface area contributed by atoms with Crippen molar-refractivity contribution in [2.75, 3.05) is 163 Å². The molecule has 5 aromatic heterocycles. The van der Waals surface area contributed by atoms with Gasteiger partial charge in [-0.3, -0.25) is 0 Å². The SMILES string of the molecule is CN(C)c1nc(N)nc(NCc2ccc(O)c(O)c2)n1.CN(C)c1nc(NCc2ccc(O)c(O)c2)nc(N(C)C)n1.CNc1nc(N)nc(N(C)Cc2ccc(O)c(O)c2)n1.CNc1nc(N)nc(NCc2ccc(O)c(O)c2)n1.CNc1nc(NCc2ccc(O)c(O)c2)nc(N(C)C)n1. The number of anilines is 15. The quantitative estimate of drug-likeness (QED) is 0.0431. The van der Waals surface area contributed by atoms with E-state index in [1.807, 2.05) is 42.3 Å². The van der Waals surface area contributed by atoms with Crippen LogP contribution in [0, 0.1) is 0 Å². The van der Waals surface area contributed by atoms with Gasteiger partial charge in [-0.1, -0.05) is 30.3 Å². The Balaban J connectivity index is 0.000000201. The van der Waals surface area contributed by atoms with Crippen molar-refractivity contribution in [2.24, 2.45) is 0 Å². The smallest absolute Gasteiger partial charge is 0.231 e. The number of nitrogens with one attached hydrogen (secondary N) is 7. The van der Waals surface area contributed by atoms with E-state index in [1.165, 1.54) is 60.7 Å². The number of hydrogen-bond acceptors (Lipinski definition) is 40. The van der Waals surface area contributed by atoms with Crippen LogP contribution in [0.3, 0.4) is 0 Å². The molecule has 5 aromatic carbocycles. The summed E-state index contributed by atoms with van der Waals surface area (Å²) < 4.78 is 0. The van der Waals surface area contributed by atoms with E-state index in [2.05, 4.69) is 112 Å². The molecule has 0 unspecified atom stereocenters. The Morgan fingerprint density at radius 2 is 0.490 bits per heavy atom. The van der Waals surface area contributed by atoms with Gasteiger partial charge in [0, 0.05) is 117 Å². The van der Waals surface area contributed by atoms with E-state index in [1.54, 1.807) is 97.1 Å². The lowest BCUT2D eigenvalue weighted by atomic mass is 10.2. The van der Waals surface area contributed by atoms with Gasteiger partial charge >= 0.3 is 0 Å². The van der Waals surface area contributed by atoms with Crippen LogP contribution in [0.15, 0.2) is 91.0 Å². The van der Waals surface area contributed by atoms with Crippen LogP contribution in [0.5, 0.6) is 57.5 Å². The van der Waals surface area contributed by atoms with E-state index < -0.39 is 0 Å². The first-order valence-electron chi connectivity index (χ1n) is 30.4. The van der Waals surface area contributed by atoms with E-state index in [0.717, 1.165) is 27.8 Å². The summed E-state index contributed by atoms with van der Waals surface area (Å²) in [7, 11) is 21.6. The molecule has 0 radical (unpaired) electrons. The van der Waals surface area contributed by atoms with Crippen LogP contribution in [0.25, 0.3) is 0 Å². The number of rotatable bonds is 22. The summed E-state index contributed by atoms with van der Waals surface area (Å²) in [4.78, 5) is 70.7. The Labute approximate surface area is 585 Å². The number of nitrogen functional groups attached to an aromatic ring is 3. The van der Waals surface area contributed by atoms with Crippen molar-refractivity contribution in [3.63, 3.8) is 0 Å². The topological polar surface area (TPSA) is 574 Å². The van der Waals surface area contributed by atoms with Crippen molar-refractivity contribution < 1.29 is 51.1 Å². The fourth-order valence-electron chi connectivity index (χ4n) is 7.95. The van der Waals surface area contributed by atoms with Crippen LogP contribution in [-0.4, -0.2) is 210 Å². The highest BCUT2D eigenvalue weighted by atomic mass is 16.3. The summed E-state index contributed by atoms with van der Waals surface area (Å²) in [6, 6.07) is 23.0. The fraction of sp³-hybridized carbons (Fsp3) is 0.274. The number of benzene rings is 5. The summed E-state index contributed by atoms with van der Waals surface area (Å²) >= 11 is 0. The summed E-state index contributed by atoms with van der Waals surface area (Å²) in [5, 5.41) is 114. The molecule has 0 spiro atoms. The predicted octanol–water partition coefficient (Wildman–Crippen LogP) is 3.63. The zero-order chi connectivity index (χ0) is 74.9. The molecule has 0 bridgehead atoms. The second-order valence-electron chi connectivity index (χ2n) is 22.2. The largest absolute Gasteiger partial charge is 0.504 e. The first kappa shape index (κ1) is 77.2. The number of phenolic OH excluding ortho intramolecular Hbond substituents is 10. The number of hydrogen-bond donors (Lipinski definition) is 20. The van der Waals surface area contributed by atoms with Gasteiger partial charge in [-0.25, -0.2) is 0 Å². The van der Waals surface area contributed by atoms with Gasteiger partial charge in [-0.15, -0.1) is 0 Å². The van der Waals surface area contributed by atoms with Gasteiger partial charge in [0.25, 0.3) is 0 Å². The Hall–Kier alpha value is -13.9. The molecule has 40 heteroatoms. The maximum Gasteiger partial charge on any atom is 0.231 e. The third-order valence-corrected chi connectivity index (χ3v) is 13.2. The van der Waals surface area contributed by atoms with Crippen molar-refractivity contribution in [3.8, 4) is 57.5 Å². The molecule has 40 nitrogen and oxygen atoms in total. The van der Waals surface area contributed by atoms with Crippen LogP contribution in [-0.2, 0) is 32.7 Å². The maximum atomic E-state index is 9.50. The molecule has 5 heterocycles. The molecule has 0 aliphatic carbocycles. The summed E-state index contributed by atoms with van der Waals surface area (Å²) in [5.74, 6) is 4.00. The molecule has 10 aromatic rings. The molecule has 0 fully saturated rings. The van der Waals surface area contributed by atoms with E-state index in [-0.39, 0.29) is 75.3 Å². The Kier molecular flexibility index (Phi) is 27.6. The molecule has 542 valence electrons. The number of aromatic hydroxyl groups is 10. The summed E-state index contributed by atoms with van der Waals surface area (Å²) in [6.07, 6.45) is 0. The lowest BCUT2D eigenvalue weighted by Crippen LogP contribution is -2.20. The number of nitrogens with zero attached hydrogens (tertiary/aromatic N) is 20. The zero-order valence-electron chi connectivity index (χ0n) is 57.8. The van der Waals surface area contributed by atoms with Crippen LogP contribution in [0.4, 0.5) is 89.2 Å². The third-order valence-electron chi connectivity index (χ3n) is 13.2. The zero-order valence-corrected chi connectivity index (χ0v) is 57.8. The molecular formula is C62H84N30O10. The monoisotopic (exact) mass is 1410 g/mol. The predicted molar refractivity (Wildman–Crippen MR) is 389 cm³/mol. The van der Waals surface area contributed by atoms with Gasteiger partial charge in [0.15, 0.2) is 57.5 Å². The highest BCUT2D eigenvalue weighted by Gasteiger charge is 2.15. The molecule has 0 aliphatic rings. The van der Waals surface area contributed by atoms with Crippen molar-refractivity contribution in [1.82, 2.24) is 74.8 Å². The van der Waals surface area contributed by atoms with Crippen LogP contribution in [0.1, 0.15) is 27.8 Å². The van der Waals surface area contributed by atoms with Crippen molar-refractivity contribution >= 4 is 89.2 Å². The van der Waals surface area contributed by atoms with Gasteiger partial charge in [0.1, 0.15) is 0 Å². The van der Waals surface area contributed by atoms with Gasteiger partial charge in [0.2, 0.25) is 89.2 Å². The normalized spacial score (nSPS) is 10.3. The van der Waals surface area contributed by atoms with Crippen LogP contribution >= 0.6 is 0 Å². The fourth-order valence-corrected chi connectivity index (χ4v) is 7.95. The number of aromatic nitrogens is 15. The first-order chi connectivity index (χ1) is 48.4. The second-order valence-corrected chi connectivity index (χ2v) is 22.2. The molecule has 23 N–H and O–H groups in total. The highest BCUT2D eigenvalue weighted by Crippen LogP contribution is 2.30. The molecule has 102 heavy (non-hydrogen) atoms. The van der Waals surface area contributed by atoms with Crippen molar-refractivity contribution in [1.29, 1.82) is 0 Å². The standard InChI is InChI=1S/C14H20N6O2.C13H18N6O2.2C12H16N6O2.C11H14N6O2/c1-19(2)13-16-12(17-14(18-13)20(3)4)15-8-9-5-6-10(21)11(22)7-9;1-14-11-16-12(18-13(17-11)19(2)3)15-7-8-4-5-9(20)10(21)6-8;1-18(2)12-16-10(13)15-11(17-12)14-6-7-3-4-8(19)9(20)5-7;1-14-11-15-10(13)16-12(17-11)18(2)6-7-3-4-8(19)9(20)5-7;1-13-10-15-9(12)16-11(17-10)14-5-6-2-3-7(18)8(19)4-6/h5-7,21-22H,8H2,1-4H3,(H,15,16,17,18);4-6,20-21H,7H2,1-3H3,(H2,14,15,16,17,18);2*3-5,19-20H,6H2,1-2H3,(H3,13,14,15,16,17);2-4,18-19H,5H2,1H3,(H4,12,13,14,15,16,17). The maximum absolute atomic E-state index is 9.50. The van der Waals surface area contributed by atoms with Gasteiger partial charge in [0.05, 0.1) is 0 Å². The second kappa shape index (κ2) is 36.5. The molecular weight excluding hydrogens is 1320 g/mol. The van der Waals surface area contributed by atoms with E-state index in [9.17, 15) is 51.1 Å². The van der Waals surface area contributed by atoms with Crippen molar-refractivity contribution in [2.45, 2.75) is 32.7 Å². The molecule has 10 rings (SSSR count). The van der Waals surface area contributed by atoms with Gasteiger partial charge < -0.3 is 130 Å². The van der Waals surface area contributed by atoms with Crippen LogP contribution < -0.4 is 78.9 Å². The van der Waals surface area contributed by atoms with Crippen LogP contribution in [0.2, 0.25) is 0 Å². The summed E-state index contributed by atoms with van der Waals surface area (Å²) in [6.45, 7) is 2.02. The molecule has 0 atom stereocenters. The molecule has 0 aliphatic heterocycles. The van der Waals surface area contributed by atoms with E-state index in [4.69, 9.17) is 17.2 Å². The van der Waals surface area contributed by atoms with Crippen molar-refractivity contribution in [3.05, 3.63) is 119 Å². The molecule has 0 saturated carbocycles. The van der Waals surface area contributed by atoms with Gasteiger partial charge in [-0.05, 0) is 88.5 Å². The first-order valence-corrected chi connectivity index (χ1v) is 30.4. The average Bonchev–Trinajstić information content (AvgIpc) is 0.859. The summed E-state index contributed by atoms with van der Waals surface area (Å²) in [5.41, 5.74) is 20.7.